The Balaban J connectivity index is 2.50. The molecule has 0 spiro atoms. The SMILES string of the molecule is Cc1n[nH]c(C)c1NS(=O)(=O)c1c(N)cccc1F. The Hall–Kier alpha value is -2.09. The maximum absolute atomic E-state index is 13.7. The zero-order chi connectivity index (χ0) is 14.2. The average Bonchev–Trinajstić information content (AvgIpc) is 2.60. The molecular weight excluding hydrogens is 271 g/mol. The predicted octanol–water partition coefficient (Wildman–Crippen LogP) is 1.55. The van der Waals surface area contributed by atoms with Gasteiger partial charge in [-0.25, -0.2) is 12.8 Å². The first kappa shape index (κ1) is 13.3. The van der Waals surface area contributed by atoms with Crippen LogP contribution in [0.3, 0.4) is 0 Å². The molecule has 0 aliphatic heterocycles. The van der Waals surface area contributed by atoms with E-state index in [1.54, 1.807) is 13.8 Å². The molecule has 0 fully saturated rings. The summed E-state index contributed by atoms with van der Waals surface area (Å²) in [5, 5.41) is 6.50. The molecule has 4 N–H and O–H groups in total. The summed E-state index contributed by atoms with van der Waals surface area (Å²) in [6.45, 7) is 3.29. The van der Waals surface area contributed by atoms with Crippen molar-refractivity contribution in [2.45, 2.75) is 18.7 Å². The Morgan fingerprint density at radius 3 is 2.58 bits per heavy atom. The molecule has 0 bridgehead atoms. The van der Waals surface area contributed by atoms with Crippen LogP contribution in [0.5, 0.6) is 0 Å². The molecule has 2 rings (SSSR count). The van der Waals surface area contributed by atoms with Gasteiger partial charge >= 0.3 is 0 Å². The van der Waals surface area contributed by atoms with Crippen molar-refractivity contribution in [2.24, 2.45) is 0 Å². The first-order chi connectivity index (χ1) is 8.83. The summed E-state index contributed by atoms with van der Waals surface area (Å²) >= 11 is 0. The molecule has 1 aromatic heterocycles. The highest BCUT2D eigenvalue weighted by atomic mass is 32.2. The van der Waals surface area contributed by atoms with Gasteiger partial charge in [0.1, 0.15) is 10.7 Å². The molecule has 19 heavy (non-hydrogen) atoms. The molecule has 102 valence electrons. The van der Waals surface area contributed by atoms with E-state index in [1.807, 2.05) is 0 Å². The number of rotatable bonds is 3. The zero-order valence-electron chi connectivity index (χ0n) is 10.4. The number of aromatic amines is 1. The van der Waals surface area contributed by atoms with E-state index in [4.69, 9.17) is 5.73 Å². The van der Waals surface area contributed by atoms with Crippen LogP contribution in [-0.4, -0.2) is 18.6 Å². The predicted molar refractivity (Wildman–Crippen MR) is 69.7 cm³/mol. The number of aryl methyl sites for hydroxylation is 2. The normalized spacial score (nSPS) is 11.5. The second-order valence-electron chi connectivity index (χ2n) is 4.07. The number of sulfonamides is 1. The van der Waals surface area contributed by atoms with Crippen LogP contribution in [0.1, 0.15) is 11.4 Å². The van der Waals surface area contributed by atoms with Gasteiger partial charge in [-0.3, -0.25) is 9.82 Å². The third kappa shape index (κ3) is 2.39. The Morgan fingerprint density at radius 2 is 2.05 bits per heavy atom. The average molecular weight is 284 g/mol. The molecule has 0 saturated carbocycles. The van der Waals surface area contributed by atoms with Gasteiger partial charge in [-0.05, 0) is 26.0 Å². The molecule has 0 aliphatic carbocycles. The van der Waals surface area contributed by atoms with Crippen LogP contribution in [0.15, 0.2) is 23.1 Å². The smallest absolute Gasteiger partial charge is 0.267 e. The second kappa shape index (κ2) is 4.54. The number of aromatic nitrogens is 2. The van der Waals surface area contributed by atoms with E-state index in [1.165, 1.54) is 12.1 Å². The topological polar surface area (TPSA) is 101 Å². The van der Waals surface area contributed by atoms with Gasteiger partial charge in [0.2, 0.25) is 0 Å². The van der Waals surface area contributed by atoms with E-state index < -0.39 is 20.7 Å². The second-order valence-corrected chi connectivity index (χ2v) is 5.69. The molecule has 0 saturated heterocycles. The fourth-order valence-electron chi connectivity index (χ4n) is 1.70. The highest BCUT2D eigenvalue weighted by molar-refractivity contribution is 7.92. The molecule has 0 unspecified atom stereocenters. The van der Waals surface area contributed by atoms with Gasteiger partial charge < -0.3 is 5.73 Å². The highest BCUT2D eigenvalue weighted by Crippen LogP contribution is 2.26. The Bertz CT molecular complexity index is 685. The van der Waals surface area contributed by atoms with Crippen LogP contribution in [0, 0.1) is 19.7 Å². The largest absolute Gasteiger partial charge is 0.398 e. The zero-order valence-corrected chi connectivity index (χ0v) is 11.2. The molecule has 8 heteroatoms. The van der Waals surface area contributed by atoms with Crippen LogP contribution >= 0.6 is 0 Å². The highest BCUT2D eigenvalue weighted by Gasteiger charge is 2.24. The molecule has 2 aromatic rings. The Labute approximate surface area is 109 Å². The Morgan fingerprint density at radius 1 is 1.37 bits per heavy atom. The van der Waals surface area contributed by atoms with Crippen LogP contribution in [0.4, 0.5) is 15.8 Å². The van der Waals surface area contributed by atoms with Crippen molar-refractivity contribution >= 4 is 21.4 Å². The molecule has 6 nitrogen and oxygen atoms in total. The number of nitrogen functional groups attached to an aromatic ring is 1. The maximum Gasteiger partial charge on any atom is 0.267 e. The molecule has 0 aliphatic rings. The van der Waals surface area contributed by atoms with Crippen molar-refractivity contribution in [1.29, 1.82) is 0 Å². The van der Waals surface area contributed by atoms with Gasteiger partial charge in [0, 0.05) is 0 Å². The lowest BCUT2D eigenvalue weighted by Crippen LogP contribution is -2.17. The first-order valence-corrected chi connectivity index (χ1v) is 6.89. The van der Waals surface area contributed by atoms with E-state index in [0.29, 0.717) is 17.1 Å². The van der Waals surface area contributed by atoms with Crippen molar-refractivity contribution in [3.8, 4) is 0 Å². The maximum atomic E-state index is 13.7. The lowest BCUT2D eigenvalue weighted by atomic mass is 10.3. The summed E-state index contributed by atoms with van der Waals surface area (Å²) in [7, 11) is -4.10. The number of nitrogens with two attached hydrogens (primary N) is 1. The fraction of sp³-hybridized carbons (Fsp3) is 0.182. The van der Waals surface area contributed by atoms with Crippen molar-refractivity contribution in [3.63, 3.8) is 0 Å². The van der Waals surface area contributed by atoms with Crippen LogP contribution in [0.25, 0.3) is 0 Å². The number of benzene rings is 1. The third-order valence-electron chi connectivity index (χ3n) is 2.63. The van der Waals surface area contributed by atoms with E-state index >= 15 is 0 Å². The van der Waals surface area contributed by atoms with Gasteiger partial charge in [-0.15, -0.1) is 0 Å². The van der Waals surface area contributed by atoms with Crippen molar-refractivity contribution < 1.29 is 12.8 Å². The van der Waals surface area contributed by atoms with Gasteiger partial charge in [0.25, 0.3) is 10.0 Å². The summed E-state index contributed by atoms with van der Waals surface area (Å²) in [5.41, 5.74) is 6.68. The van der Waals surface area contributed by atoms with Crippen molar-refractivity contribution in [3.05, 3.63) is 35.4 Å². The van der Waals surface area contributed by atoms with Gasteiger partial charge in [-0.1, -0.05) is 6.07 Å². The third-order valence-corrected chi connectivity index (χ3v) is 4.07. The molecule has 0 radical (unpaired) electrons. The number of hydrogen-bond acceptors (Lipinski definition) is 4. The fourth-order valence-corrected chi connectivity index (χ4v) is 3.07. The van der Waals surface area contributed by atoms with Crippen molar-refractivity contribution in [2.75, 3.05) is 10.5 Å². The summed E-state index contributed by atoms with van der Waals surface area (Å²) in [6, 6.07) is 3.71. The first-order valence-electron chi connectivity index (χ1n) is 5.41. The number of halogens is 1. The van der Waals surface area contributed by atoms with Gasteiger partial charge in [-0.2, -0.15) is 5.10 Å². The summed E-state index contributed by atoms with van der Waals surface area (Å²) in [6.07, 6.45) is 0. The summed E-state index contributed by atoms with van der Waals surface area (Å²) < 4.78 is 40.3. The molecular formula is C11H13FN4O2S. The lowest BCUT2D eigenvalue weighted by molar-refractivity contribution is 0.571. The van der Waals surface area contributed by atoms with Crippen LogP contribution in [-0.2, 0) is 10.0 Å². The van der Waals surface area contributed by atoms with E-state index in [2.05, 4.69) is 14.9 Å². The molecule has 0 amide bonds. The number of nitrogens with zero attached hydrogens (tertiary/aromatic N) is 1. The minimum Gasteiger partial charge on any atom is -0.398 e. The molecule has 0 atom stereocenters. The number of anilines is 2. The monoisotopic (exact) mass is 284 g/mol. The molecule has 1 aromatic carbocycles. The van der Waals surface area contributed by atoms with Gasteiger partial charge in [0.15, 0.2) is 0 Å². The van der Waals surface area contributed by atoms with Crippen molar-refractivity contribution in [1.82, 2.24) is 10.2 Å². The Kier molecular flexibility index (Phi) is 3.19. The van der Waals surface area contributed by atoms with E-state index in [0.717, 1.165) is 6.07 Å². The number of nitrogens with one attached hydrogen (secondary N) is 2. The van der Waals surface area contributed by atoms with Gasteiger partial charge in [0.05, 0.1) is 22.8 Å². The van der Waals surface area contributed by atoms with Crippen LogP contribution < -0.4 is 10.5 Å². The van der Waals surface area contributed by atoms with Crippen LogP contribution in [0.2, 0.25) is 0 Å². The summed E-state index contributed by atoms with van der Waals surface area (Å²) in [5.74, 6) is -0.897. The number of hydrogen-bond donors (Lipinski definition) is 3. The quantitative estimate of drug-likeness (QED) is 0.744. The lowest BCUT2D eigenvalue weighted by Gasteiger charge is -2.10. The minimum atomic E-state index is -4.10. The number of H-pyrrole nitrogens is 1. The standard InChI is InChI=1S/C11H13FN4O2S/c1-6-10(7(2)15-14-6)16-19(17,18)11-8(12)4-3-5-9(11)13/h3-5,16H,13H2,1-2H3,(H,14,15). The van der Waals surface area contributed by atoms with E-state index in [9.17, 15) is 12.8 Å². The minimum absolute atomic E-state index is 0.147. The van der Waals surface area contributed by atoms with E-state index in [-0.39, 0.29) is 5.69 Å². The summed E-state index contributed by atoms with van der Waals surface area (Å²) in [4.78, 5) is -0.560. The molecule has 1 heterocycles.